The van der Waals surface area contributed by atoms with Crippen LogP contribution in [0.1, 0.15) is 40.2 Å². The zero-order chi connectivity index (χ0) is 29.3. The van der Waals surface area contributed by atoms with Gasteiger partial charge in [-0.3, -0.25) is 9.89 Å². The van der Waals surface area contributed by atoms with Crippen molar-refractivity contribution in [3.05, 3.63) is 70.0 Å². The van der Waals surface area contributed by atoms with Crippen LogP contribution >= 0.6 is 11.6 Å². The summed E-state index contributed by atoms with van der Waals surface area (Å²) in [6.07, 6.45) is 2.34. The number of carbonyl (C=O) groups excluding carboxylic acids is 1. The Kier molecular flexibility index (Phi) is 8.56. The number of hydrogen-bond donors (Lipinski definition) is 2. The van der Waals surface area contributed by atoms with Gasteiger partial charge in [-0.25, -0.2) is 8.42 Å². The summed E-state index contributed by atoms with van der Waals surface area (Å²) in [4.78, 5) is 18.7. The van der Waals surface area contributed by atoms with Gasteiger partial charge >= 0.3 is 0 Å². The molecule has 0 unspecified atom stereocenters. The minimum Gasteiger partial charge on any atom is -0.381 e. The van der Waals surface area contributed by atoms with Crippen LogP contribution in [-0.2, 0) is 34.1 Å². The van der Waals surface area contributed by atoms with Crippen LogP contribution in [0.4, 0.5) is 11.4 Å². The lowest BCUT2D eigenvalue weighted by Gasteiger charge is -2.34. The first-order valence-corrected chi connectivity index (χ1v) is 16.4. The number of benzene rings is 2. The van der Waals surface area contributed by atoms with Crippen molar-refractivity contribution in [3.63, 3.8) is 0 Å². The van der Waals surface area contributed by atoms with Gasteiger partial charge in [0.05, 0.1) is 17.0 Å². The van der Waals surface area contributed by atoms with Crippen LogP contribution < -0.4 is 10.2 Å². The third kappa shape index (κ3) is 6.21. The van der Waals surface area contributed by atoms with Gasteiger partial charge in [-0.05, 0) is 56.3 Å². The first-order valence-electron chi connectivity index (χ1n) is 14.5. The number of carbonyl (C=O) groups is 1. The molecule has 3 aromatic rings. The van der Waals surface area contributed by atoms with E-state index in [2.05, 4.69) is 38.4 Å². The van der Waals surface area contributed by atoms with Gasteiger partial charge in [-0.15, -0.1) is 0 Å². The highest BCUT2D eigenvalue weighted by Gasteiger charge is 2.32. The average molecular weight is 613 g/mol. The van der Waals surface area contributed by atoms with E-state index in [-0.39, 0.29) is 29.7 Å². The second kappa shape index (κ2) is 12.3. The lowest BCUT2D eigenvalue weighted by atomic mass is 9.98. The van der Waals surface area contributed by atoms with Gasteiger partial charge in [0, 0.05) is 98.2 Å². The van der Waals surface area contributed by atoms with Gasteiger partial charge in [-0.1, -0.05) is 17.7 Å². The van der Waals surface area contributed by atoms with Crippen LogP contribution in [0.3, 0.4) is 0 Å². The molecular formula is C30H37ClN6O4S. The number of halogens is 1. The van der Waals surface area contributed by atoms with Gasteiger partial charge in [-0.2, -0.15) is 9.40 Å². The van der Waals surface area contributed by atoms with Crippen molar-refractivity contribution < 1.29 is 17.9 Å². The molecule has 0 amide bonds. The smallest absolute Gasteiger partial charge is 0.243 e. The summed E-state index contributed by atoms with van der Waals surface area (Å²) in [5.74, 6) is -0.0568. The van der Waals surface area contributed by atoms with E-state index >= 15 is 0 Å². The van der Waals surface area contributed by atoms with Crippen molar-refractivity contribution >= 4 is 38.8 Å². The standard InChI is InChI=1S/C30H37ClN6O4S/c1-35-11-13-36(14-12-35)23-5-6-25(28(18-23)32-22-8-15-41-16-9-22)30(38)19-29-26-20-37(10-7-27(26)33-34-29)42(39,40)24-4-2-3-21(31)17-24/h2-6,17-18,22,32H,7-16,19-20H2,1H3,(H,33,34). The zero-order valence-electron chi connectivity index (χ0n) is 23.8. The number of aromatic nitrogens is 2. The summed E-state index contributed by atoms with van der Waals surface area (Å²) in [6, 6.07) is 12.6. The second-order valence-electron chi connectivity index (χ2n) is 11.3. The molecule has 42 heavy (non-hydrogen) atoms. The Balaban J connectivity index is 1.24. The highest BCUT2D eigenvalue weighted by Crippen LogP contribution is 2.30. The third-order valence-electron chi connectivity index (χ3n) is 8.50. The molecule has 0 spiro atoms. The number of rotatable bonds is 8. The molecule has 3 aliphatic heterocycles. The molecule has 1 aromatic heterocycles. The lowest BCUT2D eigenvalue weighted by molar-refractivity contribution is 0.0904. The fourth-order valence-corrected chi connectivity index (χ4v) is 7.63. The Morgan fingerprint density at radius 1 is 1.10 bits per heavy atom. The van der Waals surface area contributed by atoms with Crippen LogP contribution in [0, 0.1) is 0 Å². The number of likely N-dealkylation sites (N-methyl/N-ethyl adjacent to an activating group) is 1. The number of H-pyrrole nitrogens is 1. The first-order chi connectivity index (χ1) is 20.3. The van der Waals surface area contributed by atoms with Gasteiger partial charge in [0.2, 0.25) is 10.0 Å². The molecule has 2 N–H and O–H groups in total. The van der Waals surface area contributed by atoms with Gasteiger partial charge in [0.1, 0.15) is 0 Å². The number of nitrogens with one attached hydrogen (secondary N) is 2. The Hall–Kier alpha value is -2.96. The highest BCUT2D eigenvalue weighted by atomic mass is 35.5. The molecule has 0 radical (unpaired) electrons. The summed E-state index contributed by atoms with van der Waals surface area (Å²) in [6.45, 7) is 5.75. The quantitative estimate of drug-likeness (QED) is 0.372. The molecule has 2 fully saturated rings. The maximum Gasteiger partial charge on any atom is 0.243 e. The van der Waals surface area contributed by atoms with Crippen molar-refractivity contribution in [1.82, 2.24) is 19.4 Å². The zero-order valence-corrected chi connectivity index (χ0v) is 25.4. The van der Waals surface area contributed by atoms with E-state index in [1.807, 2.05) is 12.1 Å². The number of ketones is 1. The molecule has 6 rings (SSSR count). The Morgan fingerprint density at radius 3 is 2.64 bits per heavy atom. The number of ether oxygens (including phenoxy) is 1. The van der Waals surface area contributed by atoms with Crippen LogP contribution in [0.2, 0.25) is 5.02 Å². The van der Waals surface area contributed by atoms with Crippen molar-refractivity contribution in [2.45, 2.75) is 43.2 Å². The van der Waals surface area contributed by atoms with E-state index in [9.17, 15) is 13.2 Å². The van der Waals surface area contributed by atoms with E-state index < -0.39 is 10.0 Å². The molecule has 10 nitrogen and oxygen atoms in total. The number of sulfonamides is 1. The van der Waals surface area contributed by atoms with E-state index in [0.29, 0.717) is 42.5 Å². The van der Waals surface area contributed by atoms with Crippen molar-refractivity contribution in [3.8, 4) is 0 Å². The van der Waals surface area contributed by atoms with Crippen LogP contribution in [0.5, 0.6) is 0 Å². The third-order valence-corrected chi connectivity index (χ3v) is 10.6. The summed E-state index contributed by atoms with van der Waals surface area (Å²) in [5.41, 5.74) is 4.79. The molecule has 2 aromatic carbocycles. The van der Waals surface area contributed by atoms with E-state index in [4.69, 9.17) is 16.3 Å². The normalized spacial score (nSPS) is 19.0. The highest BCUT2D eigenvalue weighted by molar-refractivity contribution is 7.89. The van der Waals surface area contributed by atoms with E-state index in [1.165, 1.54) is 10.4 Å². The van der Waals surface area contributed by atoms with Gasteiger partial charge in [0.25, 0.3) is 0 Å². The predicted octanol–water partition coefficient (Wildman–Crippen LogP) is 3.58. The molecule has 12 heteroatoms. The summed E-state index contributed by atoms with van der Waals surface area (Å²) in [5, 5.41) is 11.5. The number of Topliss-reactive ketones (excluding diaryl/α,β-unsaturated/α-hetero) is 1. The summed E-state index contributed by atoms with van der Waals surface area (Å²) >= 11 is 6.08. The number of aromatic amines is 1. The lowest BCUT2D eigenvalue weighted by Crippen LogP contribution is -2.44. The van der Waals surface area contributed by atoms with Crippen molar-refractivity contribution in [1.29, 1.82) is 0 Å². The minimum absolute atomic E-state index is 0.0568. The largest absolute Gasteiger partial charge is 0.381 e. The predicted molar refractivity (Wildman–Crippen MR) is 163 cm³/mol. The molecule has 4 heterocycles. The van der Waals surface area contributed by atoms with Gasteiger partial charge < -0.3 is 19.9 Å². The number of fused-ring (bicyclic) bond motifs is 1. The Labute approximate surface area is 252 Å². The average Bonchev–Trinajstić information content (AvgIpc) is 3.40. The van der Waals surface area contributed by atoms with E-state index in [0.717, 1.165) is 61.7 Å². The van der Waals surface area contributed by atoms with Crippen LogP contribution in [-0.4, -0.2) is 92.6 Å². The topological polar surface area (TPSA) is 111 Å². The fraction of sp³-hybridized carbons (Fsp3) is 0.467. The molecule has 0 saturated carbocycles. The molecule has 0 atom stereocenters. The number of hydrogen-bond acceptors (Lipinski definition) is 8. The van der Waals surface area contributed by atoms with Crippen molar-refractivity contribution in [2.24, 2.45) is 0 Å². The van der Waals surface area contributed by atoms with Gasteiger partial charge in [0.15, 0.2) is 5.78 Å². The molecule has 0 bridgehead atoms. The Morgan fingerprint density at radius 2 is 1.88 bits per heavy atom. The first kappa shape index (κ1) is 29.1. The second-order valence-corrected chi connectivity index (χ2v) is 13.7. The van der Waals surface area contributed by atoms with Crippen molar-refractivity contribution in [2.75, 3.05) is 63.2 Å². The van der Waals surface area contributed by atoms with E-state index in [1.54, 1.807) is 18.2 Å². The molecular weight excluding hydrogens is 576 g/mol. The monoisotopic (exact) mass is 612 g/mol. The maximum absolute atomic E-state index is 13.8. The molecule has 2 saturated heterocycles. The number of piperazine rings is 1. The molecule has 0 aliphatic carbocycles. The maximum atomic E-state index is 13.8. The minimum atomic E-state index is -3.75. The number of anilines is 2. The number of nitrogens with zero attached hydrogens (tertiary/aromatic N) is 4. The van der Waals surface area contributed by atoms with Crippen LogP contribution in [0.25, 0.3) is 0 Å². The summed E-state index contributed by atoms with van der Waals surface area (Å²) < 4.78 is 33.8. The molecule has 3 aliphatic rings. The molecule has 224 valence electrons. The Bertz CT molecular complexity index is 1550. The SMILES string of the molecule is CN1CCN(c2ccc(C(=O)Cc3n[nH]c4c3CN(S(=O)(=O)c3cccc(Cl)c3)CC4)c(NC3CCOCC3)c2)CC1. The van der Waals surface area contributed by atoms with Crippen LogP contribution in [0.15, 0.2) is 47.4 Å². The summed E-state index contributed by atoms with van der Waals surface area (Å²) in [7, 11) is -1.61. The fourth-order valence-electron chi connectivity index (χ4n) is 5.92.